The molecule has 2 aliphatic rings. The maximum Gasteiger partial charge on any atom is 0.308 e. The molecule has 5 heteroatoms. The molecule has 1 saturated carbocycles. The molecule has 3 nitrogen and oxygen atoms in total. The first kappa shape index (κ1) is 18.1. The Morgan fingerprint density at radius 3 is 2.83 bits per heavy atom. The van der Waals surface area contributed by atoms with Gasteiger partial charge in [-0.25, -0.2) is 0 Å². The minimum Gasteiger partial charge on any atom is -0.465 e. The maximum atomic E-state index is 12.1. The summed E-state index contributed by atoms with van der Waals surface area (Å²) in [5.41, 5.74) is 2.77. The minimum absolute atomic E-state index is 0.00233. The fourth-order valence-corrected chi connectivity index (χ4v) is 4.93. The van der Waals surface area contributed by atoms with Crippen LogP contribution >= 0.6 is 23.4 Å². The molecular formula is C19H26ClNO2S. The molecule has 1 N–H and O–H groups in total. The molecule has 0 unspecified atom stereocenters. The van der Waals surface area contributed by atoms with Crippen molar-refractivity contribution in [3.05, 3.63) is 28.3 Å². The lowest BCUT2D eigenvalue weighted by Crippen LogP contribution is -2.21. The molecule has 3 rings (SSSR count). The number of rotatable bonds is 5. The van der Waals surface area contributed by atoms with Crippen LogP contribution in [0.3, 0.4) is 0 Å². The molecule has 1 fully saturated rings. The number of halogens is 1. The van der Waals surface area contributed by atoms with Gasteiger partial charge in [0.15, 0.2) is 0 Å². The number of nitrogens with one attached hydrogen (secondary N) is 1. The van der Waals surface area contributed by atoms with Crippen LogP contribution in [0, 0.1) is 5.92 Å². The van der Waals surface area contributed by atoms with Gasteiger partial charge < -0.3 is 10.1 Å². The van der Waals surface area contributed by atoms with Crippen LogP contribution in [0.1, 0.15) is 43.2 Å². The molecule has 1 aromatic carbocycles. The standard InChI is InChI=1S/C19H26ClNO2S/c20-17-7-6-14-8-10-21-11-9-16(14)18(17)24-13-12-23-19(22)15-4-2-1-3-5-15/h6-7,15,21H,1-5,8-13H2. The van der Waals surface area contributed by atoms with E-state index in [1.54, 1.807) is 11.8 Å². The normalized spacial score (nSPS) is 18.7. The number of carbonyl (C=O) groups excluding carboxylic acids is 1. The number of carbonyl (C=O) groups is 1. The molecule has 1 aliphatic heterocycles. The third-order valence-electron chi connectivity index (χ3n) is 4.94. The summed E-state index contributed by atoms with van der Waals surface area (Å²) in [6, 6.07) is 4.15. The van der Waals surface area contributed by atoms with E-state index >= 15 is 0 Å². The van der Waals surface area contributed by atoms with Crippen molar-refractivity contribution in [3.63, 3.8) is 0 Å². The Morgan fingerprint density at radius 2 is 2.00 bits per heavy atom. The van der Waals surface area contributed by atoms with Crippen LogP contribution in [0.25, 0.3) is 0 Å². The number of ether oxygens (including phenoxy) is 1. The summed E-state index contributed by atoms with van der Waals surface area (Å²) in [5.74, 6) is 0.895. The number of thioether (sulfide) groups is 1. The molecular weight excluding hydrogens is 342 g/mol. The quantitative estimate of drug-likeness (QED) is 0.480. The van der Waals surface area contributed by atoms with E-state index in [0.29, 0.717) is 6.61 Å². The van der Waals surface area contributed by atoms with Crippen molar-refractivity contribution >= 4 is 29.3 Å². The van der Waals surface area contributed by atoms with Gasteiger partial charge in [-0.3, -0.25) is 4.79 Å². The Labute approximate surface area is 153 Å². The van der Waals surface area contributed by atoms with Crippen LogP contribution in [-0.4, -0.2) is 31.4 Å². The van der Waals surface area contributed by atoms with Crippen LogP contribution < -0.4 is 5.32 Å². The summed E-state index contributed by atoms with van der Waals surface area (Å²) in [5, 5.41) is 4.26. The molecule has 1 aliphatic carbocycles. The summed E-state index contributed by atoms with van der Waals surface area (Å²) < 4.78 is 5.50. The molecule has 0 amide bonds. The van der Waals surface area contributed by atoms with Crippen LogP contribution in [0.2, 0.25) is 5.02 Å². The van der Waals surface area contributed by atoms with Crippen molar-refractivity contribution in [3.8, 4) is 0 Å². The average molecular weight is 368 g/mol. The molecule has 24 heavy (non-hydrogen) atoms. The monoisotopic (exact) mass is 367 g/mol. The number of hydrogen-bond acceptors (Lipinski definition) is 4. The lowest BCUT2D eigenvalue weighted by molar-refractivity contribution is -0.148. The van der Waals surface area contributed by atoms with Crippen molar-refractivity contribution in [2.45, 2.75) is 49.8 Å². The van der Waals surface area contributed by atoms with Crippen molar-refractivity contribution in [2.75, 3.05) is 25.4 Å². The summed E-state index contributed by atoms with van der Waals surface area (Å²) in [7, 11) is 0. The predicted octanol–water partition coefficient (Wildman–Crippen LogP) is 4.24. The van der Waals surface area contributed by atoms with E-state index in [0.717, 1.165) is 62.4 Å². The van der Waals surface area contributed by atoms with Crippen LogP contribution in [0.5, 0.6) is 0 Å². The third kappa shape index (κ3) is 4.68. The Bertz CT molecular complexity index is 573. The number of esters is 1. The summed E-state index contributed by atoms with van der Waals surface area (Å²) in [4.78, 5) is 13.3. The minimum atomic E-state index is -0.00233. The lowest BCUT2D eigenvalue weighted by atomic mass is 9.89. The summed E-state index contributed by atoms with van der Waals surface area (Å²) >= 11 is 8.15. The van der Waals surface area contributed by atoms with E-state index in [1.807, 2.05) is 6.07 Å². The van der Waals surface area contributed by atoms with Crippen LogP contribution in [-0.2, 0) is 22.4 Å². The van der Waals surface area contributed by atoms with Gasteiger partial charge in [-0.05, 0) is 56.0 Å². The van der Waals surface area contributed by atoms with E-state index < -0.39 is 0 Å². The first-order chi connectivity index (χ1) is 11.8. The molecule has 132 valence electrons. The van der Waals surface area contributed by atoms with Crippen LogP contribution in [0.4, 0.5) is 0 Å². The Balaban J connectivity index is 1.52. The zero-order chi connectivity index (χ0) is 16.8. The highest BCUT2D eigenvalue weighted by Crippen LogP contribution is 2.34. The average Bonchev–Trinajstić information content (AvgIpc) is 2.86. The number of hydrogen-bond donors (Lipinski definition) is 1. The van der Waals surface area contributed by atoms with Crippen molar-refractivity contribution in [2.24, 2.45) is 5.92 Å². The topological polar surface area (TPSA) is 38.3 Å². The van der Waals surface area contributed by atoms with Crippen molar-refractivity contribution < 1.29 is 9.53 Å². The molecule has 0 saturated heterocycles. The van der Waals surface area contributed by atoms with Crippen molar-refractivity contribution in [1.82, 2.24) is 5.32 Å². The molecule has 0 bridgehead atoms. The van der Waals surface area contributed by atoms with E-state index in [2.05, 4.69) is 11.4 Å². The van der Waals surface area contributed by atoms with Gasteiger partial charge in [0.25, 0.3) is 0 Å². The Hall–Kier alpha value is -0.710. The summed E-state index contributed by atoms with van der Waals surface area (Å²) in [6.45, 7) is 2.49. The van der Waals surface area contributed by atoms with E-state index in [-0.39, 0.29) is 11.9 Å². The largest absolute Gasteiger partial charge is 0.465 e. The molecule has 1 aromatic rings. The van der Waals surface area contributed by atoms with Gasteiger partial charge in [0, 0.05) is 10.6 Å². The first-order valence-corrected chi connectivity index (χ1v) is 10.4. The highest BCUT2D eigenvalue weighted by Gasteiger charge is 2.22. The summed E-state index contributed by atoms with van der Waals surface area (Å²) in [6.07, 6.45) is 7.64. The van der Waals surface area contributed by atoms with Crippen LogP contribution in [0.15, 0.2) is 17.0 Å². The maximum absolute atomic E-state index is 12.1. The zero-order valence-electron chi connectivity index (χ0n) is 14.1. The molecule has 0 radical (unpaired) electrons. The highest BCUT2D eigenvalue weighted by molar-refractivity contribution is 7.99. The number of benzene rings is 1. The van der Waals surface area contributed by atoms with Gasteiger partial charge in [0.1, 0.15) is 6.61 Å². The predicted molar refractivity (Wildman–Crippen MR) is 100.0 cm³/mol. The molecule has 0 aromatic heterocycles. The number of fused-ring (bicyclic) bond motifs is 1. The molecule has 0 atom stereocenters. The van der Waals surface area contributed by atoms with Gasteiger partial charge in [0.05, 0.1) is 10.9 Å². The van der Waals surface area contributed by atoms with Gasteiger partial charge in [-0.2, -0.15) is 0 Å². The van der Waals surface area contributed by atoms with Gasteiger partial charge in [-0.15, -0.1) is 11.8 Å². The van der Waals surface area contributed by atoms with E-state index in [1.165, 1.54) is 22.4 Å². The van der Waals surface area contributed by atoms with E-state index in [9.17, 15) is 4.79 Å². The van der Waals surface area contributed by atoms with Crippen molar-refractivity contribution in [1.29, 1.82) is 0 Å². The Morgan fingerprint density at radius 1 is 1.21 bits per heavy atom. The Kier molecular flexibility index (Phi) is 6.87. The van der Waals surface area contributed by atoms with Gasteiger partial charge in [-0.1, -0.05) is 36.9 Å². The van der Waals surface area contributed by atoms with Gasteiger partial charge >= 0.3 is 5.97 Å². The van der Waals surface area contributed by atoms with Gasteiger partial charge in [0.2, 0.25) is 0 Å². The van der Waals surface area contributed by atoms with E-state index in [4.69, 9.17) is 16.3 Å². The second-order valence-corrected chi connectivity index (χ2v) is 8.13. The molecule has 1 heterocycles. The smallest absolute Gasteiger partial charge is 0.308 e. The first-order valence-electron chi connectivity index (χ1n) is 9.06. The fraction of sp³-hybridized carbons (Fsp3) is 0.632. The second-order valence-electron chi connectivity index (χ2n) is 6.62. The third-order valence-corrected chi connectivity index (χ3v) is 6.50. The second kappa shape index (κ2) is 9.12. The fourth-order valence-electron chi connectivity index (χ4n) is 3.61. The molecule has 0 spiro atoms. The lowest BCUT2D eigenvalue weighted by Gasteiger charge is -2.20. The SMILES string of the molecule is O=C(OCCSc1c(Cl)ccc2c1CCNCC2)C1CCCCC1. The highest BCUT2D eigenvalue weighted by atomic mass is 35.5. The zero-order valence-corrected chi connectivity index (χ0v) is 15.7.